The van der Waals surface area contributed by atoms with Crippen molar-refractivity contribution in [1.29, 1.82) is 0 Å². The van der Waals surface area contributed by atoms with Crippen molar-refractivity contribution in [2.75, 3.05) is 36.4 Å². The fourth-order valence-corrected chi connectivity index (χ4v) is 3.49. The van der Waals surface area contributed by atoms with Crippen LogP contribution < -0.4 is 15.5 Å². The summed E-state index contributed by atoms with van der Waals surface area (Å²) in [5, 5.41) is 7.50. The van der Waals surface area contributed by atoms with Gasteiger partial charge in [0, 0.05) is 42.2 Å². The number of halogens is 1. The van der Waals surface area contributed by atoms with Crippen LogP contribution in [-0.4, -0.2) is 46.9 Å². The number of hydrogen-bond acceptors (Lipinski definition) is 7. The molecular weight excluding hydrogens is 408 g/mol. The monoisotopic (exact) mass is 426 g/mol. The third kappa shape index (κ3) is 3.77. The number of anilines is 3. The summed E-state index contributed by atoms with van der Waals surface area (Å²) >= 11 is 3.49. The zero-order valence-corrected chi connectivity index (χ0v) is 16.5. The van der Waals surface area contributed by atoms with Gasteiger partial charge in [0.25, 0.3) is 0 Å². The van der Waals surface area contributed by atoms with Crippen LogP contribution >= 0.6 is 15.9 Å². The second-order valence-electron chi connectivity index (χ2n) is 6.40. The molecule has 1 aliphatic rings. The predicted octanol–water partition coefficient (Wildman–Crippen LogP) is 3.14. The Kier molecular flexibility index (Phi) is 5.00. The second-order valence-corrected chi connectivity index (χ2v) is 7.31. The highest BCUT2D eigenvalue weighted by molar-refractivity contribution is 9.10. The first-order valence-electron chi connectivity index (χ1n) is 8.76. The van der Waals surface area contributed by atoms with Crippen LogP contribution in [-0.2, 0) is 0 Å². The van der Waals surface area contributed by atoms with E-state index in [0.29, 0.717) is 11.3 Å². The molecule has 27 heavy (non-hydrogen) atoms. The van der Waals surface area contributed by atoms with E-state index < -0.39 is 0 Å². The maximum absolute atomic E-state index is 12.1. The van der Waals surface area contributed by atoms with Gasteiger partial charge in [0.1, 0.15) is 0 Å². The second kappa shape index (κ2) is 7.58. The smallest absolute Gasteiger partial charge is 0.225 e. The molecule has 0 saturated carbocycles. The van der Waals surface area contributed by atoms with E-state index in [2.05, 4.69) is 46.4 Å². The largest absolute Gasteiger partial charge is 0.352 e. The Labute approximate surface area is 165 Å². The fraction of sp³-hybridized carbons (Fsp3) is 0.263. The number of carbonyl (C=O) groups excluding carboxylic acids is 1. The van der Waals surface area contributed by atoms with Gasteiger partial charge in [-0.1, -0.05) is 15.9 Å². The predicted molar refractivity (Wildman–Crippen MR) is 110 cm³/mol. The lowest BCUT2D eigenvalue weighted by atomic mass is 10.1. The van der Waals surface area contributed by atoms with Crippen LogP contribution in [0.15, 0.2) is 41.3 Å². The van der Waals surface area contributed by atoms with Gasteiger partial charge in [-0.2, -0.15) is 0 Å². The normalized spacial score (nSPS) is 14.4. The minimum Gasteiger partial charge on any atom is -0.352 e. The molecule has 1 aliphatic heterocycles. The van der Waals surface area contributed by atoms with Gasteiger partial charge in [-0.3, -0.25) is 9.78 Å². The molecule has 1 fully saturated rings. The molecule has 0 aliphatic carbocycles. The number of piperazine rings is 1. The summed E-state index contributed by atoms with van der Waals surface area (Å²) in [4.78, 5) is 27.6. The minimum absolute atomic E-state index is 0.0507. The molecule has 2 aromatic heterocycles. The van der Waals surface area contributed by atoms with Crippen molar-refractivity contribution in [3.8, 4) is 0 Å². The van der Waals surface area contributed by atoms with Crippen molar-refractivity contribution >= 4 is 49.9 Å². The van der Waals surface area contributed by atoms with Gasteiger partial charge in [-0.05, 0) is 25.1 Å². The molecule has 2 N–H and O–H groups in total. The van der Waals surface area contributed by atoms with Crippen molar-refractivity contribution in [2.24, 2.45) is 0 Å². The number of rotatable bonds is 4. The highest BCUT2D eigenvalue weighted by Crippen LogP contribution is 2.31. The molecule has 8 heteroatoms. The lowest BCUT2D eigenvalue weighted by Crippen LogP contribution is -2.44. The molecule has 4 rings (SSSR count). The molecule has 3 aromatic rings. The van der Waals surface area contributed by atoms with Crippen LogP contribution in [0.1, 0.15) is 17.3 Å². The third-order valence-electron chi connectivity index (χ3n) is 4.52. The van der Waals surface area contributed by atoms with Crippen molar-refractivity contribution < 1.29 is 4.79 Å². The molecule has 3 heterocycles. The van der Waals surface area contributed by atoms with E-state index in [1.807, 2.05) is 18.2 Å². The molecule has 0 atom stereocenters. The lowest BCUT2D eigenvalue weighted by Gasteiger charge is -2.27. The van der Waals surface area contributed by atoms with Crippen LogP contribution in [0.3, 0.4) is 0 Å². The van der Waals surface area contributed by atoms with Crippen LogP contribution in [0.25, 0.3) is 10.9 Å². The summed E-state index contributed by atoms with van der Waals surface area (Å²) in [5.74, 6) is 0.668. The van der Waals surface area contributed by atoms with E-state index in [9.17, 15) is 4.79 Å². The average molecular weight is 427 g/mol. The van der Waals surface area contributed by atoms with E-state index in [1.54, 1.807) is 18.6 Å². The minimum atomic E-state index is -0.0507. The highest BCUT2D eigenvalue weighted by Gasteiger charge is 2.15. The molecule has 7 nitrogen and oxygen atoms in total. The fourth-order valence-electron chi connectivity index (χ4n) is 3.12. The Hall–Kier alpha value is -2.58. The quantitative estimate of drug-likeness (QED) is 0.619. The number of Topliss-reactive ketones (excluding diaryl/α,β-unsaturated/α-hetero) is 1. The van der Waals surface area contributed by atoms with Gasteiger partial charge in [0.15, 0.2) is 5.78 Å². The maximum Gasteiger partial charge on any atom is 0.225 e. The van der Waals surface area contributed by atoms with Crippen LogP contribution in [0.2, 0.25) is 0 Å². The molecule has 0 amide bonds. The Morgan fingerprint density at radius 3 is 2.59 bits per heavy atom. The summed E-state index contributed by atoms with van der Waals surface area (Å²) in [6, 6.07) is 5.80. The molecule has 1 aromatic carbocycles. The number of hydrogen-bond donors (Lipinski definition) is 2. The summed E-state index contributed by atoms with van der Waals surface area (Å²) < 4.78 is 0.922. The standard InChI is InChI=1S/C19H19BrN6O/c1-12(27)16-11-22-17-3-2-13(20)8-15(17)18(16)25-14-9-23-19(24-10-14)26-6-4-21-5-7-26/h2-3,8-11,21H,4-7H2,1H3,(H,22,25). The number of fused-ring (bicyclic) bond motifs is 1. The van der Waals surface area contributed by atoms with Crippen molar-refractivity contribution in [2.45, 2.75) is 6.92 Å². The first-order valence-corrected chi connectivity index (χ1v) is 9.55. The van der Waals surface area contributed by atoms with E-state index >= 15 is 0 Å². The Balaban J connectivity index is 1.69. The van der Waals surface area contributed by atoms with Crippen LogP contribution in [0.5, 0.6) is 0 Å². The molecule has 0 spiro atoms. The van der Waals surface area contributed by atoms with Crippen molar-refractivity contribution in [1.82, 2.24) is 20.3 Å². The summed E-state index contributed by atoms with van der Waals surface area (Å²) in [5.41, 5.74) is 2.78. The molecule has 1 saturated heterocycles. The number of carbonyl (C=O) groups is 1. The SMILES string of the molecule is CC(=O)c1cnc2ccc(Br)cc2c1Nc1cnc(N2CCNCC2)nc1. The zero-order chi connectivity index (χ0) is 18.8. The number of pyridine rings is 1. The molecule has 0 radical (unpaired) electrons. The third-order valence-corrected chi connectivity index (χ3v) is 5.01. The first-order chi connectivity index (χ1) is 13.1. The zero-order valence-electron chi connectivity index (χ0n) is 14.9. The van der Waals surface area contributed by atoms with E-state index in [-0.39, 0.29) is 5.78 Å². The van der Waals surface area contributed by atoms with E-state index in [0.717, 1.165) is 53.2 Å². The topological polar surface area (TPSA) is 83.0 Å². The maximum atomic E-state index is 12.1. The Morgan fingerprint density at radius 1 is 1.15 bits per heavy atom. The van der Waals surface area contributed by atoms with Crippen LogP contribution in [0, 0.1) is 0 Å². The number of aromatic nitrogens is 3. The van der Waals surface area contributed by atoms with E-state index in [4.69, 9.17) is 0 Å². The van der Waals surface area contributed by atoms with E-state index in [1.165, 1.54) is 6.92 Å². The Bertz CT molecular complexity index is 985. The van der Waals surface area contributed by atoms with Gasteiger partial charge in [0.2, 0.25) is 5.95 Å². The average Bonchev–Trinajstić information content (AvgIpc) is 2.69. The summed E-state index contributed by atoms with van der Waals surface area (Å²) in [6.07, 6.45) is 5.11. The Morgan fingerprint density at radius 2 is 1.89 bits per heavy atom. The van der Waals surface area contributed by atoms with Crippen molar-refractivity contribution in [3.05, 3.63) is 46.8 Å². The molecule has 0 bridgehead atoms. The van der Waals surface area contributed by atoms with Gasteiger partial charge in [0.05, 0.1) is 34.8 Å². The van der Waals surface area contributed by atoms with Gasteiger partial charge in [-0.25, -0.2) is 9.97 Å². The lowest BCUT2D eigenvalue weighted by molar-refractivity contribution is 0.101. The first kappa shape index (κ1) is 17.8. The van der Waals surface area contributed by atoms with Crippen molar-refractivity contribution in [3.63, 3.8) is 0 Å². The number of nitrogens with one attached hydrogen (secondary N) is 2. The molecule has 138 valence electrons. The number of ketones is 1. The van der Waals surface area contributed by atoms with Gasteiger partial charge < -0.3 is 15.5 Å². The summed E-state index contributed by atoms with van der Waals surface area (Å²) in [7, 11) is 0. The number of benzene rings is 1. The highest BCUT2D eigenvalue weighted by atomic mass is 79.9. The summed E-state index contributed by atoms with van der Waals surface area (Å²) in [6.45, 7) is 5.19. The molecular formula is C19H19BrN6O. The molecule has 0 unspecified atom stereocenters. The van der Waals surface area contributed by atoms with Gasteiger partial charge >= 0.3 is 0 Å². The van der Waals surface area contributed by atoms with Gasteiger partial charge in [-0.15, -0.1) is 0 Å². The van der Waals surface area contributed by atoms with Crippen LogP contribution in [0.4, 0.5) is 17.3 Å². The number of nitrogens with zero attached hydrogens (tertiary/aromatic N) is 4.